The van der Waals surface area contributed by atoms with Gasteiger partial charge in [0.25, 0.3) is 0 Å². The molecule has 5 rings (SSSR count). The zero-order chi connectivity index (χ0) is 26.6. The molecule has 0 bridgehead atoms. The second-order valence-electron chi connectivity index (χ2n) is 9.32. The third-order valence-electron chi connectivity index (χ3n) is 7.02. The molecule has 194 valence electrons. The van der Waals surface area contributed by atoms with E-state index in [1.165, 1.54) is 21.0 Å². The number of fused-ring (bicyclic) bond motifs is 5. The van der Waals surface area contributed by atoms with Crippen LogP contribution in [0.2, 0.25) is 0 Å². The van der Waals surface area contributed by atoms with Gasteiger partial charge in [-0.3, -0.25) is 14.4 Å². The number of nitrogens with zero attached hydrogens (tertiary/aromatic N) is 3. The molecule has 0 aliphatic carbocycles. The van der Waals surface area contributed by atoms with E-state index in [4.69, 9.17) is 29.2 Å². The zero-order valence-electron chi connectivity index (χ0n) is 20.6. The summed E-state index contributed by atoms with van der Waals surface area (Å²) < 4.78 is 28.7. The summed E-state index contributed by atoms with van der Waals surface area (Å²) in [6, 6.07) is 2.75. The Morgan fingerprint density at radius 3 is 2.65 bits per heavy atom. The first-order valence-electron chi connectivity index (χ1n) is 11.8. The number of hydrogen-bond donors (Lipinski definition) is 1. The Labute approximate surface area is 211 Å². The van der Waals surface area contributed by atoms with Crippen LogP contribution in [0.3, 0.4) is 0 Å². The average Bonchev–Trinajstić information content (AvgIpc) is 3.36. The van der Waals surface area contributed by atoms with Gasteiger partial charge in [-0.25, -0.2) is 0 Å². The summed E-state index contributed by atoms with van der Waals surface area (Å²) in [4.78, 5) is 39.0. The molecule has 6 atom stereocenters. The van der Waals surface area contributed by atoms with Crippen LogP contribution in [0.5, 0.6) is 17.2 Å². The van der Waals surface area contributed by atoms with Crippen molar-refractivity contribution in [1.82, 2.24) is 0 Å². The van der Waals surface area contributed by atoms with Gasteiger partial charge in [-0.05, 0) is 31.9 Å². The molecule has 2 aromatic carbocycles. The van der Waals surface area contributed by atoms with Gasteiger partial charge in [0.05, 0.1) is 48.3 Å². The third kappa shape index (κ3) is 3.89. The van der Waals surface area contributed by atoms with Crippen molar-refractivity contribution in [3.8, 4) is 17.2 Å². The van der Waals surface area contributed by atoms with Crippen molar-refractivity contribution in [2.45, 2.75) is 70.2 Å². The van der Waals surface area contributed by atoms with E-state index in [-0.39, 0.29) is 35.3 Å². The van der Waals surface area contributed by atoms with Gasteiger partial charge in [0, 0.05) is 22.8 Å². The number of hydrogen-bond acceptors (Lipinski definition) is 10. The van der Waals surface area contributed by atoms with Gasteiger partial charge < -0.3 is 28.8 Å². The van der Waals surface area contributed by atoms with E-state index in [1.807, 2.05) is 0 Å². The van der Waals surface area contributed by atoms with Crippen LogP contribution >= 0.6 is 0 Å². The van der Waals surface area contributed by atoms with Crippen molar-refractivity contribution in [2.75, 3.05) is 7.11 Å². The summed E-state index contributed by atoms with van der Waals surface area (Å²) in [5.74, 6) is -1.10. The number of ketones is 1. The first-order chi connectivity index (χ1) is 17.7. The molecular weight excluding hydrogens is 486 g/mol. The van der Waals surface area contributed by atoms with Gasteiger partial charge in [0.15, 0.2) is 18.0 Å². The number of azide groups is 1. The number of benzene rings is 2. The molecule has 12 heteroatoms. The summed E-state index contributed by atoms with van der Waals surface area (Å²) in [7, 11) is 1.43. The van der Waals surface area contributed by atoms with Crippen LogP contribution in [0.4, 0.5) is 0 Å². The first-order valence-corrected chi connectivity index (χ1v) is 11.8. The van der Waals surface area contributed by atoms with Crippen molar-refractivity contribution in [1.29, 1.82) is 0 Å². The monoisotopic (exact) mass is 511 g/mol. The molecule has 2 aromatic rings. The summed E-state index contributed by atoms with van der Waals surface area (Å²) in [6.45, 7) is 4.29. The van der Waals surface area contributed by atoms with E-state index >= 15 is 0 Å². The normalized spacial score (nSPS) is 27.9. The average molecular weight is 511 g/mol. The number of aromatic hydroxyl groups is 1. The summed E-state index contributed by atoms with van der Waals surface area (Å²) in [5.41, 5.74) is 9.97. The minimum Gasteiger partial charge on any atom is -0.506 e. The van der Waals surface area contributed by atoms with Gasteiger partial charge in [-0.1, -0.05) is 11.2 Å². The Morgan fingerprint density at radius 1 is 1.24 bits per heavy atom. The minimum atomic E-state index is -0.785. The highest BCUT2D eigenvalue weighted by molar-refractivity contribution is 6.10. The highest BCUT2D eigenvalue weighted by Crippen LogP contribution is 2.55. The van der Waals surface area contributed by atoms with E-state index in [0.29, 0.717) is 22.3 Å². The number of esters is 2. The topological polar surface area (TPSA) is 166 Å². The van der Waals surface area contributed by atoms with Crippen LogP contribution in [-0.4, -0.2) is 54.3 Å². The second-order valence-corrected chi connectivity index (χ2v) is 9.32. The van der Waals surface area contributed by atoms with E-state index < -0.39 is 54.3 Å². The quantitative estimate of drug-likeness (QED) is 0.205. The molecule has 2 fully saturated rings. The van der Waals surface area contributed by atoms with Crippen LogP contribution in [0, 0.1) is 0 Å². The van der Waals surface area contributed by atoms with Crippen molar-refractivity contribution in [3.63, 3.8) is 0 Å². The molecule has 0 radical (unpaired) electrons. The number of Topliss-reactive ketones (excluding diaryl/α,β-unsaturated/α-hetero) is 1. The van der Waals surface area contributed by atoms with Gasteiger partial charge >= 0.3 is 11.9 Å². The number of phenols is 1. The Hall–Kier alpha value is -4.02. The molecule has 3 aliphatic heterocycles. The molecule has 0 saturated carbocycles. The van der Waals surface area contributed by atoms with Crippen LogP contribution in [0.1, 0.15) is 67.3 Å². The van der Waals surface area contributed by atoms with Gasteiger partial charge in [-0.2, -0.15) is 0 Å². The SMILES string of the molecule is COc1c([C@H]2C[C@H](N=[N+]=[N-])[C@H](OC(C)=O)[C@@H](C)O2)ccc2c3c(c(C(C)=O)c(O)c12)[C@H]1OC(=O)C[C@H]1O3. The van der Waals surface area contributed by atoms with E-state index in [1.54, 1.807) is 19.1 Å². The van der Waals surface area contributed by atoms with Crippen molar-refractivity contribution in [2.24, 2.45) is 5.11 Å². The molecule has 37 heavy (non-hydrogen) atoms. The number of carbonyl (C=O) groups excluding carboxylic acids is 3. The zero-order valence-corrected chi connectivity index (χ0v) is 20.6. The predicted molar refractivity (Wildman–Crippen MR) is 126 cm³/mol. The van der Waals surface area contributed by atoms with E-state index in [2.05, 4.69) is 10.0 Å². The maximum Gasteiger partial charge on any atom is 0.310 e. The fourth-order valence-corrected chi connectivity index (χ4v) is 5.60. The third-order valence-corrected chi connectivity index (χ3v) is 7.02. The first kappa shape index (κ1) is 24.7. The predicted octanol–water partition coefficient (Wildman–Crippen LogP) is 3.97. The number of ether oxygens (including phenoxy) is 5. The Kier molecular flexibility index (Phi) is 6.09. The number of rotatable bonds is 5. The lowest BCUT2D eigenvalue weighted by molar-refractivity contribution is -0.171. The fraction of sp³-hybridized carbons (Fsp3) is 0.480. The van der Waals surface area contributed by atoms with Crippen molar-refractivity contribution >= 4 is 28.5 Å². The maximum absolute atomic E-state index is 12.7. The molecule has 0 amide bonds. The number of phenolic OH excluding ortho intramolecular Hbond substituents is 1. The van der Waals surface area contributed by atoms with Crippen LogP contribution in [0.15, 0.2) is 17.2 Å². The van der Waals surface area contributed by atoms with E-state index in [0.717, 1.165) is 0 Å². The van der Waals surface area contributed by atoms with E-state index in [9.17, 15) is 19.5 Å². The second kappa shape index (κ2) is 9.13. The van der Waals surface area contributed by atoms with Crippen LogP contribution < -0.4 is 9.47 Å². The minimum absolute atomic E-state index is 0.0000372. The molecule has 12 nitrogen and oxygen atoms in total. The highest BCUT2D eigenvalue weighted by atomic mass is 16.6. The fourth-order valence-electron chi connectivity index (χ4n) is 5.60. The number of carbonyl (C=O) groups is 3. The van der Waals surface area contributed by atoms with Crippen LogP contribution in [-0.2, 0) is 23.8 Å². The standard InChI is InChI=1S/C25H25N3O9/c1-9(29)18-20-24(36-16-8-17(31)37-25(16)20)13-6-5-12(23(33-4)19(13)21(18)32)15-7-14(27-28-26)22(10(2)34-15)35-11(3)30/h5-6,10,14-16,22,25,32H,7-8H2,1-4H3/t10-,14+,15-,16-,22-,25+/m1/s1. The highest BCUT2D eigenvalue weighted by Gasteiger charge is 2.48. The lowest BCUT2D eigenvalue weighted by atomic mass is 9.88. The molecular formula is C25H25N3O9. The summed E-state index contributed by atoms with van der Waals surface area (Å²) in [5, 5.41) is 15.9. The maximum atomic E-state index is 12.7. The lowest BCUT2D eigenvalue weighted by Gasteiger charge is -2.38. The smallest absolute Gasteiger partial charge is 0.310 e. The van der Waals surface area contributed by atoms with Gasteiger partial charge in [0.2, 0.25) is 0 Å². The van der Waals surface area contributed by atoms with Crippen molar-refractivity contribution < 1.29 is 43.2 Å². The molecule has 0 aromatic heterocycles. The molecule has 3 aliphatic rings. The molecule has 0 unspecified atom stereocenters. The summed E-state index contributed by atoms with van der Waals surface area (Å²) in [6.07, 6.45) is -3.20. The molecule has 2 saturated heterocycles. The Balaban J connectivity index is 1.66. The molecule has 3 heterocycles. The summed E-state index contributed by atoms with van der Waals surface area (Å²) >= 11 is 0. The van der Waals surface area contributed by atoms with Gasteiger partial charge in [-0.15, -0.1) is 0 Å². The molecule has 0 spiro atoms. The van der Waals surface area contributed by atoms with Gasteiger partial charge in [0.1, 0.15) is 23.4 Å². The molecule has 1 N–H and O–H groups in total. The Morgan fingerprint density at radius 2 is 2.00 bits per heavy atom. The number of methoxy groups -OCH3 is 1. The lowest BCUT2D eigenvalue weighted by Crippen LogP contribution is -2.45. The van der Waals surface area contributed by atoms with Crippen molar-refractivity contribution in [3.05, 3.63) is 39.3 Å². The largest absolute Gasteiger partial charge is 0.506 e. The van der Waals surface area contributed by atoms with Crippen LogP contribution in [0.25, 0.3) is 21.2 Å². The Bertz CT molecular complexity index is 1380.